The molecule has 0 aliphatic carbocycles. The zero-order chi connectivity index (χ0) is 18.9. The Kier molecular flexibility index (Phi) is 4.75. The number of benzene rings is 2. The van der Waals surface area contributed by atoms with Crippen LogP contribution in [0.15, 0.2) is 46.1 Å². The summed E-state index contributed by atoms with van der Waals surface area (Å²) >= 11 is 0. The lowest BCUT2D eigenvalue weighted by molar-refractivity contribution is 0.395. The van der Waals surface area contributed by atoms with Crippen LogP contribution in [-0.2, 0) is 10.0 Å². The lowest BCUT2D eigenvalue weighted by atomic mass is 10.1. The van der Waals surface area contributed by atoms with Gasteiger partial charge in [-0.1, -0.05) is 0 Å². The molecule has 0 bridgehead atoms. The van der Waals surface area contributed by atoms with Gasteiger partial charge in [0.05, 0.1) is 30.1 Å². The van der Waals surface area contributed by atoms with Gasteiger partial charge in [0.2, 0.25) is 10.0 Å². The minimum atomic E-state index is -3.82. The van der Waals surface area contributed by atoms with Crippen LogP contribution in [0.4, 0.5) is 0 Å². The van der Waals surface area contributed by atoms with E-state index in [1.807, 2.05) is 0 Å². The summed E-state index contributed by atoms with van der Waals surface area (Å²) in [6.45, 7) is 1.71. The van der Waals surface area contributed by atoms with Gasteiger partial charge in [-0.05, 0) is 43.3 Å². The second-order valence-electron chi connectivity index (χ2n) is 5.74. The molecule has 0 fully saturated rings. The topological polar surface area (TPSA) is 113 Å². The Morgan fingerprint density at radius 1 is 1.00 bits per heavy atom. The van der Waals surface area contributed by atoms with Crippen LogP contribution < -0.4 is 19.9 Å². The summed E-state index contributed by atoms with van der Waals surface area (Å²) in [6.07, 6.45) is 0. The van der Waals surface area contributed by atoms with E-state index < -0.39 is 21.8 Å². The third-order valence-electron chi connectivity index (χ3n) is 4.03. The summed E-state index contributed by atoms with van der Waals surface area (Å²) in [5.41, 5.74) is 1.21. The van der Waals surface area contributed by atoms with Crippen molar-refractivity contribution in [3.63, 3.8) is 0 Å². The van der Waals surface area contributed by atoms with Crippen molar-refractivity contribution in [1.29, 1.82) is 0 Å². The summed E-state index contributed by atoms with van der Waals surface area (Å²) in [4.78, 5) is 16.5. The number of H-pyrrole nitrogens is 2. The summed E-state index contributed by atoms with van der Waals surface area (Å²) in [5.74, 6) is 1.14. The Labute approximate surface area is 150 Å². The molecular weight excluding hydrogens is 358 g/mol. The molecule has 8 nitrogen and oxygen atoms in total. The number of sulfonamides is 1. The number of rotatable bonds is 6. The number of ether oxygens (including phenoxy) is 2. The molecule has 26 heavy (non-hydrogen) atoms. The number of nitrogens with one attached hydrogen (secondary N) is 3. The predicted molar refractivity (Wildman–Crippen MR) is 97.2 cm³/mol. The van der Waals surface area contributed by atoms with Crippen LogP contribution in [-0.4, -0.2) is 32.6 Å². The summed E-state index contributed by atoms with van der Waals surface area (Å²) in [5, 5.41) is 0. The van der Waals surface area contributed by atoms with Crippen LogP contribution >= 0.6 is 0 Å². The van der Waals surface area contributed by atoms with E-state index in [0.717, 1.165) is 0 Å². The van der Waals surface area contributed by atoms with Gasteiger partial charge in [-0.3, -0.25) is 0 Å². The van der Waals surface area contributed by atoms with Crippen LogP contribution in [0.1, 0.15) is 18.5 Å². The third kappa shape index (κ3) is 3.44. The molecule has 138 valence electrons. The van der Waals surface area contributed by atoms with E-state index in [1.165, 1.54) is 26.4 Å². The summed E-state index contributed by atoms with van der Waals surface area (Å²) < 4.78 is 38.6. The van der Waals surface area contributed by atoms with Crippen LogP contribution in [0.2, 0.25) is 0 Å². The Morgan fingerprint density at radius 3 is 2.42 bits per heavy atom. The Balaban J connectivity index is 1.94. The van der Waals surface area contributed by atoms with Crippen molar-refractivity contribution in [1.82, 2.24) is 14.7 Å². The second-order valence-corrected chi connectivity index (χ2v) is 7.45. The number of aromatic amines is 2. The van der Waals surface area contributed by atoms with Gasteiger partial charge in [0.25, 0.3) is 0 Å². The predicted octanol–water partition coefficient (Wildman–Crippen LogP) is 1.91. The van der Waals surface area contributed by atoms with E-state index >= 15 is 0 Å². The fraction of sp³-hybridized carbons (Fsp3) is 0.235. The minimum absolute atomic E-state index is 0.0500. The molecule has 0 saturated heterocycles. The standard InChI is InChI=1S/C17H19N3O5S/c1-10(13-8-11(24-2)4-7-16(13)25-3)20-26(22,23)12-5-6-14-15(9-12)19-17(21)18-14/h4-10,20H,1-3H3,(H2,18,19,21)/t10-/m1/s1. The van der Waals surface area contributed by atoms with E-state index in [0.29, 0.717) is 28.1 Å². The van der Waals surface area contributed by atoms with Gasteiger partial charge in [0, 0.05) is 11.6 Å². The van der Waals surface area contributed by atoms with E-state index in [4.69, 9.17) is 9.47 Å². The van der Waals surface area contributed by atoms with Crippen molar-refractivity contribution < 1.29 is 17.9 Å². The first-order valence-corrected chi connectivity index (χ1v) is 9.28. The molecule has 1 atom stereocenters. The molecule has 1 heterocycles. The quantitative estimate of drug-likeness (QED) is 0.607. The molecule has 3 aromatic rings. The fourth-order valence-corrected chi connectivity index (χ4v) is 3.97. The maximum Gasteiger partial charge on any atom is 0.323 e. The molecule has 0 unspecified atom stereocenters. The number of fused-ring (bicyclic) bond motifs is 1. The summed E-state index contributed by atoms with van der Waals surface area (Å²) in [6, 6.07) is 8.99. The highest BCUT2D eigenvalue weighted by atomic mass is 32.2. The van der Waals surface area contributed by atoms with Crippen molar-refractivity contribution in [2.45, 2.75) is 17.9 Å². The summed E-state index contributed by atoms with van der Waals surface area (Å²) in [7, 11) is -0.765. The first-order valence-electron chi connectivity index (χ1n) is 7.80. The zero-order valence-corrected chi connectivity index (χ0v) is 15.3. The van der Waals surface area contributed by atoms with Gasteiger partial charge in [0.15, 0.2) is 0 Å². The Hall–Kier alpha value is -2.78. The molecule has 9 heteroatoms. The van der Waals surface area contributed by atoms with E-state index in [-0.39, 0.29) is 4.90 Å². The van der Waals surface area contributed by atoms with Gasteiger partial charge < -0.3 is 19.4 Å². The maximum absolute atomic E-state index is 12.7. The van der Waals surface area contributed by atoms with Gasteiger partial charge >= 0.3 is 5.69 Å². The fourth-order valence-electron chi connectivity index (χ4n) is 2.72. The molecule has 0 aliphatic rings. The zero-order valence-electron chi connectivity index (χ0n) is 14.5. The van der Waals surface area contributed by atoms with Gasteiger partial charge in [0.1, 0.15) is 11.5 Å². The monoisotopic (exact) mass is 377 g/mol. The molecule has 0 amide bonds. The van der Waals surface area contributed by atoms with Crippen molar-refractivity contribution in [2.75, 3.05) is 14.2 Å². The smallest absolute Gasteiger partial charge is 0.323 e. The number of methoxy groups -OCH3 is 2. The minimum Gasteiger partial charge on any atom is -0.497 e. The van der Waals surface area contributed by atoms with Crippen LogP contribution in [0.3, 0.4) is 0 Å². The molecule has 2 aromatic carbocycles. The molecule has 3 N–H and O–H groups in total. The number of aromatic nitrogens is 2. The number of hydrogen-bond acceptors (Lipinski definition) is 5. The molecule has 0 saturated carbocycles. The SMILES string of the molecule is COc1ccc(OC)c([C@@H](C)NS(=O)(=O)c2ccc3[nH]c(=O)[nH]c3c2)c1. The molecule has 0 spiro atoms. The highest BCUT2D eigenvalue weighted by molar-refractivity contribution is 7.89. The van der Waals surface area contributed by atoms with E-state index in [1.54, 1.807) is 31.2 Å². The van der Waals surface area contributed by atoms with Crippen LogP contribution in [0, 0.1) is 0 Å². The first kappa shape index (κ1) is 18.0. The van der Waals surface area contributed by atoms with Crippen molar-refractivity contribution >= 4 is 21.1 Å². The van der Waals surface area contributed by atoms with Crippen LogP contribution in [0.5, 0.6) is 11.5 Å². The molecule has 3 rings (SSSR count). The molecule has 0 radical (unpaired) electrons. The Morgan fingerprint density at radius 2 is 1.73 bits per heavy atom. The average molecular weight is 377 g/mol. The van der Waals surface area contributed by atoms with Crippen molar-refractivity contribution in [3.05, 3.63) is 52.4 Å². The first-order chi connectivity index (χ1) is 12.3. The third-order valence-corrected chi connectivity index (χ3v) is 5.57. The highest BCUT2D eigenvalue weighted by Crippen LogP contribution is 2.30. The number of hydrogen-bond donors (Lipinski definition) is 3. The number of imidazole rings is 1. The van der Waals surface area contributed by atoms with Crippen LogP contribution in [0.25, 0.3) is 11.0 Å². The largest absolute Gasteiger partial charge is 0.497 e. The van der Waals surface area contributed by atoms with Gasteiger partial charge in [-0.2, -0.15) is 0 Å². The molecule has 0 aliphatic heterocycles. The average Bonchev–Trinajstić information content (AvgIpc) is 2.99. The van der Waals surface area contributed by atoms with Gasteiger partial charge in [-0.25, -0.2) is 17.9 Å². The molecule has 1 aromatic heterocycles. The highest BCUT2D eigenvalue weighted by Gasteiger charge is 2.21. The maximum atomic E-state index is 12.7. The molecular formula is C17H19N3O5S. The normalized spacial score (nSPS) is 12.9. The lowest BCUT2D eigenvalue weighted by Crippen LogP contribution is -2.27. The van der Waals surface area contributed by atoms with Crippen molar-refractivity contribution in [3.8, 4) is 11.5 Å². The lowest BCUT2D eigenvalue weighted by Gasteiger charge is -2.18. The second kappa shape index (κ2) is 6.85. The Bertz CT molecular complexity index is 1100. The van der Waals surface area contributed by atoms with Gasteiger partial charge in [-0.15, -0.1) is 0 Å². The van der Waals surface area contributed by atoms with E-state index in [2.05, 4.69) is 14.7 Å². The van der Waals surface area contributed by atoms with E-state index in [9.17, 15) is 13.2 Å². The van der Waals surface area contributed by atoms with Crippen molar-refractivity contribution in [2.24, 2.45) is 0 Å².